The smallest absolute Gasteiger partial charge is 0.748 e. The van der Waals surface area contributed by atoms with Crippen molar-refractivity contribution in [1.82, 2.24) is 0 Å². The van der Waals surface area contributed by atoms with E-state index >= 15 is 0 Å². The van der Waals surface area contributed by atoms with Gasteiger partial charge >= 0.3 is 236 Å². The molecule has 9 atom stereocenters. The van der Waals surface area contributed by atoms with E-state index in [-0.39, 0.29) is 416 Å². The minimum absolute atomic E-state index is 0. The Labute approximate surface area is 869 Å². The first kappa shape index (κ1) is 134. The van der Waals surface area contributed by atoms with Crippen LogP contribution >= 0.6 is 94.1 Å². The minimum atomic E-state index is -4.57. The Kier molecular flexibility index (Phi) is 90.6. The molecule has 0 radical (unpaired) electrons. The largest absolute Gasteiger partial charge is 1.00 e. The summed E-state index contributed by atoms with van der Waals surface area (Å²) in [7, 11) is -36.3. The van der Waals surface area contributed by atoms with E-state index in [9.17, 15) is 104 Å². The van der Waals surface area contributed by atoms with Gasteiger partial charge in [-0.25, -0.2) is 67.3 Å². The zero-order valence-corrected chi connectivity index (χ0v) is 93.4. The van der Waals surface area contributed by atoms with Crippen LogP contribution in [0.5, 0.6) is 0 Å². The maximum absolute atomic E-state index is 11.5. The number of hydrogen-bond acceptors (Lipinski definition) is 43. The first-order valence-electron chi connectivity index (χ1n) is 32.1. The van der Waals surface area contributed by atoms with Crippen LogP contribution in [-0.4, -0.2) is 369 Å². The van der Waals surface area contributed by atoms with Crippen LogP contribution in [-0.2, 0) is 133 Å². The summed E-state index contributed by atoms with van der Waals surface area (Å²) in [6, 6.07) is 0. The maximum Gasteiger partial charge on any atom is 1.00 e. The summed E-state index contributed by atoms with van der Waals surface area (Å²) in [6.07, 6.45) is -8.56. The van der Waals surface area contributed by atoms with Crippen LogP contribution in [0.2, 0.25) is 0 Å². The Balaban J connectivity index is -0.00000270. The molecule has 2 aliphatic heterocycles. The van der Waals surface area contributed by atoms with Gasteiger partial charge in [0.25, 0.3) is 0 Å². The van der Waals surface area contributed by atoms with Crippen LogP contribution in [0, 0.1) is 0 Å². The zero-order valence-electron chi connectivity index (χ0n) is 64.3. The summed E-state index contributed by atoms with van der Waals surface area (Å²) < 4.78 is 348. The van der Waals surface area contributed by atoms with Gasteiger partial charge in [-0.1, -0.05) is 0 Å². The van der Waals surface area contributed by atoms with Crippen molar-refractivity contribution in [3.8, 4) is 0 Å². The summed E-state index contributed by atoms with van der Waals surface area (Å²) in [5.41, 5.74) is 0. The van der Waals surface area contributed by atoms with Gasteiger partial charge in [0.15, 0.2) is 6.29 Å². The van der Waals surface area contributed by atoms with E-state index in [0.717, 1.165) is 70.6 Å². The number of rotatable bonds is 69. The molecule has 0 bridgehead atoms. The number of thioether (sulfide) groups is 8. The van der Waals surface area contributed by atoms with Crippen molar-refractivity contribution >= 4 is 175 Å². The zero-order chi connectivity index (χ0) is 77.0. The van der Waals surface area contributed by atoms with E-state index in [1.165, 1.54) is 23.5 Å². The normalized spacial score (nSPS) is 20.4. The second kappa shape index (κ2) is 75.2. The molecule has 0 aromatic heterocycles. The molecule has 0 aromatic carbocycles. The van der Waals surface area contributed by atoms with Crippen LogP contribution < -0.4 is 236 Å². The Morgan fingerprint density at radius 3 is 0.793 bits per heavy atom. The van der Waals surface area contributed by atoms with E-state index in [0.29, 0.717) is 30.1 Å². The molecule has 0 aliphatic carbocycles. The molecule has 2 fully saturated rings. The fourth-order valence-electron chi connectivity index (χ4n) is 8.90. The standard InChI is InChI=1S/C52H102O35S16.8Na/c53-96(54,55)33-25-88-17-1-9-77-41-44-46(80-12-4-20-91-28-36-99(62,63)64)48(82-14-6-22-93-30-38-101(68,69)70)49(83-15-7-23-94-31-39-102(71,72)73)51(85-44)87-52(43-79-11-3-19-90-27-35-98(59,60)61)50(84-16-8-24-95-32-40-103(74,75)76)47(81-13-5-21-92-29-37-100(65,66)67)45(86-52)42-78-10-2-18-89-26-34-97(56,57)58;;;;;;;;/h44-51H,1-43H2,(H,53,54,55)(H,56,57,58)(H,59,60,61)(H,62,63,64)(H,65,66,67)(H,68,69,70)(H,71,72,73)(H,74,75,76);;;;;;;;/q;8*+1/p-8/t44-,45-,46-,47-,48+,49-,50+,51-,52+;;;;;;;;/m1......../s1. The van der Waals surface area contributed by atoms with Gasteiger partial charge in [-0.15, -0.1) is 0 Å². The van der Waals surface area contributed by atoms with E-state index < -0.39 is 188 Å². The average molecular weight is 1980 g/mol. The quantitative estimate of drug-likeness (QED) is 0.0310. The van der Waals surface area contributed by atoms with E-state index in [1.54, 1.807) is 0 Å². The third kappa shape index (κ3) is 78.1. The second-order valence-electron chi connectivity index (χ2n) is 22.3. The van der Waals surface area contributed by atoms with Gasteiger partial charge in [0.1, 0.15) is 49.3 Å². The van der Waals surface area contributed by atoms with Crippen LogP contribution in [0.15, 0.2) is 0 Å². The molecular weight excluding hydrogens is 1880 g/mol. The van der Waals surface area contributed by atoms with Crippen LogP contribution in [0.3, 0.4) is 0 Å². The van der Waals surface area contributed by atoms with Gasteiger partial charge in [0, 0.05) is 145 Å². The molecule has 35 nitrogen and oxygen atoms in total. The molecule has 111 heavy (non-hydrogen) atoms. The third-order valence-corrected chi connectivity index (χ3v) is 29.7. The fourth-order valence-corrected chi connectivity index (χ4v) is 23.4. The number of hydrogen-bond donors (Lipinski definition) is 0. The van der Waals surface area contributed by atoms with Crippen LogP contribution in [0.4, 0.5) is 0 Å². The van der Waals surface area contributed by atoms with Crippen LogP contribution in [0.1, 0.15) is 51.4 Å². The maximum atomic E-state index is 11.5. The first-order valence-corrected chi connectivity index (χ1v) is 53.9. The molecule has 616 valence electrons. The van der Waals surface area contributed by atoms with Gasteiger partial charge in [0.2, 0.25) is 5.79 Å². The monoisotopic (exact) mass is 1970 g/mol. The SMILES string of the molecule is O=S(=O)([O-])CCSCCCOC[C@H]1O[C@@](COCCCSCCS(=O)(=O)[O-])(O[C@H]2O[C@H](COCCCSCCS(=O)(=O)[O-])[C@@H](OCCCSCCS(=O)(=O)[O-])[C@H](OCCCSCCS(=O)(=O)[O-])[C@H]2OCCCSCCS(=O)(=O)[O-])[C@@H](OCCCSCCS(=O)(=O)[O-])[C@@H]1OCCCSCCS(=O)(=O)[O-].[Na+].[Na+].[Na+].[Na+].[Na+].[Na+].[Na+].[Na+]. The van der Waals surface area contributed by atoms with Gasteiger partial charge in [-0.3, -0.25) is 0 Å². The first-order chi connectivity index (χ1) is 48.2. The van der Waals surface area contributed by atoms with Gasteiger partial charge in [0.05, 0.1) is 94.2 Å². The minimum Gasteiger partial charge on any atom is -0.748 e. The third-order valence-electron chi connectivity index (χ3n) is 13.5. The average Bonchev–Trinajstić information content (AvgIpc) is 1.64. The molecule has 2 aliphatic rings. The Bertz CT molecular complexity index is 3260. The summed E-state index contributed by atoms with van der Waals surface area (Å²) in [5, 5.41) is 0. The Morgan fingerprint density at radius 1 is 0.270 bits per heavy atom. The topological polar surface area (TPSA) is 559 Å². The van der Waals surface area contributed by atoms with Crippen molar-refractivity contribution in [2.45, 2.75) is 106 Å². The molecule has 2 rings (SSSR count). The Morgan fingerprint density at radius 2 is 0.505 bits per heavy atom. The molecule has 0 N–H and O–H groups in total. The van der Waals surface area contributed by atoms with Crippen molar-refractivity contribution in [3.63, 3.8) is 0 Å². The molecule has 0 unspecified atom stereocenters. The fraction of sp³-hybridized carbons (Fsp3) is 1.00. The van der Waals surface area contributed by atoms with Crippen molar-refractivity contribution < 1.29 is 392 Å². The van der Waals surface area contributed by atoms with Crippen molar-refractivity contribution in [3.05, 3.63) is 0 Å². The van der Waals surface area contributed by atoms with Gasteiger partial charge < -0.3 is 88.5 Å². The molecule has 2 heterocycles. The van der Waals surface area contributed by atoms with Gasteiger partial charge in [-0.05, 0) is 97.4 Å². The molecule has 0 aromatic rings. The molecule has 59 heteroatoms. The number of ether oxygens (including phenoxy) is 11. The summed E-state index contributed by atoms with van der Waals surface area (Å²) in [5.74, 6) is -5.27. The summed E-state index contributed by atoms with van der Waals surface area (Å²) in [4.78, 5) is 0. The second-order valence-corrected chi connectivity index (χ2v) is 44.3. The molecular formula is C52H94Na8O35S16. The van der Waals surface area contributed by atoms with Crippen LogP contribution in [0.25, 0.3) is 0 Å². The molecule has 0 amide bonds. The summed E-state index contributed by atoms with van der Waals surface area (Å²) in [6.45, 7) is -1.75. The summed E-state index contributed by atoms with van der Waals surface area (Å²) >= 11 is 9.26. The van der Waals surface area contributed by atoms with E-state index in [1.807, 2.05) is 0 Å². The van der Waals surface area contributed by atoms with Gasteiger partial charge in [-0.2, -0.15) is 94.1 Å². The van der Waals surface area contributed by atoms with Crippen molar-refractivity contribution in [2.75, 3.05) is 211 Å². The van der Waals surface area contributed by atoms with Crippen molar-refractivity contribution in [1.29, 1.82) is 0 Å². The van der Waals surface area contributed by atoms with E-state index in [4.69, 9.17) is 52.1 Å². The van der Waals surface area contributed by atoms with Crippen molar-refractivity contribution in [2.24, 2.45) is 0 Å². The molecule has 0 spiro atoms. The Hall–Kier alpha value is 9.64. The van der Waals surface area contributed by atoms with E-state index in [2.05, 4.69) is 0 Å². The molecule has 0 saturated carbocycles. The molecule has 2 saturated heterocycles. The predicted molar refractivity (Wildman–Crippen MR) is 391 cm³/mol. The predicted octanol–water partition coefficient (Wildman–Crippen LogP) is -23.8.